The quantitative estimate of drug-likeness (QED) is 0.511. The zero-order chi connectivity index (χ0) is 9.68. The highest BCUT2D eigenvalue weighted by molar-refractivity contribution is 7.80. The lowest BCUT2D eigenvalue weighted by molar-refractivity contribution is 1.13. The maximum absolute atomic E-state index is 4.25. The van der Waals surface area contributed by atoms with Crippen LogP contribution in [0.5, 0.6) is 0 Å². The Morgan fingerprint density at radius 2 is 2.38 bits per heavy atom. The highest BCUT2D eigenvalue weighted by Gasteiger charge is 1.99. The molecule has 68 valence electrons. The van der Waals surface area contributed by atoms with Gasteiger partial charge in [-0.2, -0.15) is 12.6 Å². The topological polar surface area (TPSA) is 0 Å². The second kappa shape index (κ2) is 4.96. The molecule has 1 aliphatic carbocycles. The summed E-state index contributed by atoms with van der Waals surface area (Å²) in [7, 11) is 0. The van der Waals surface area contributed by atoms with Crippen LogP contribution in [0.25, 0.3) is 0 Å². The molecule has 0 N–H and O–H groups in total. The van der Waals surface area contributed by atoms with Crippen LogP contribution >= 0.6 is 12.6 Å². The van der Waals surface area contributed by atoms with Crippen molar-refractivity contribution in [1.82, 2.24) is 0 Å². The van der Waals surface area contributed by atoms with Crippen LogP contribution < -0.4 is 0 Å². The second-order valence-electron chi connectivity index (χ2n) is 2.93. The van der Waals surface area contributed by atoms with Gasteiger partial charge in [0.15, 0.2) is 0 Å². The van der Waals surface area contributed by atoms with Gasteiger partial charge in [0.2, 0.25) is 0 Å². The molecule has 0 aromatic carbocycles. The molecule has 0 bridgehead atoms. The van der Waals surface area contributed by atoms with Gasteiger partial charge in [0.1, 0.15) is 0 Å². The molecular formula is C12H14S. The average molecular weight is 190 g/mol. The Balaban J connectivity index is 2.97. The van der Waals surface area contributed by atoms with E-state index in [-0.39, 0.29) is 0 Å². The summed E-state index contributed by atoms with van der Waals surface area (Å²) in [4.78, 5) is 0. The molecule has 0 aromatic rings. The van der Waals surface area contributed by atoms with Crippen LogP contribution in [0.15, 0.2) is 53.3 Å². The summed E-state index contributed by atoms with van der Waals surface area (Å²) in [6.45, 7) is 6.11. The van der Waals surface area contributed by atoms with E-state index in [2.05, 4.69) is 37.9 Å². The second-order valence-corrected chi connectivity index (χ2v) is 3.25. The van der Waals surface area contributed by atoms with Crippen molar-refractivity contribution in [3.8, 4) is 0 Å². The van der Waals surface area contributed by atoms with E-state index in [1.54, 1.807) is 0 Å². The minimum atomic E-state index is 0.756. The molecule has 0 nitrogen and oxygen atoms in total. The van der Waals surface area contributed by atoms with E-state index in [1.165, 1.54) is 5.57 Å². The van der Waals surface area contributed by atoms with E-state index in [4.69, 9.17) is 0 Å². The Morgan fingerprint density at radius 3 is 3.00 bits per heavy atom. The Bertz CT molecular complexity index is 323. The number of allylic oxidation sites excluding steroid dienone is 5. The Kier molecular flexibility index (Phi) is 3.88. The molecule has 0 saturated heterocycles. The standard InChI is InChI=1S/C12H14S/c1-3-10(2)12-7-5-4-6-11(8-12)9-13/h4,6-8,13H,2-3,9H2,1H3. The lowest BCUT2D eigenvalue weighted by Gasteiger charge is -2.03. The summed E-state index contributed by atoms with van der Waals surface area (Å²) >= 11 is 4.25. The van der Waals surface area contributed by atoms with Crippen molar-refractivity contribution < 1.29 is 0 Å². The molecule has 0 fully saturated rings. The molecule has 1 aliphatic rings. The average Bonchev–Trinajstić information content (AvgIpc) is 2.41. The van der Waals surface area contributed by atoms with E-state index < -0.39 is 0 Å². The number of rotatable bonds is 3. The van der Waals surface area contributed by atoms with E-state index in [0.717, 1.165) is 23.3 Å². The maximum Gasteiger partial charge on any atom is 0.0154 e. The van der Waals surface area contributed by atoms with Gasteiger partial charge in [0.05, 0.1) is 0 Å². The third kappa shape index (κ3) is 2.80. The van der Waals surface area contributed by atoms with Gasteiger partial charge < -0.3 is 0 Å². The van der Waals surface area contributed by atoms with Crippen LogP contribution in [0.4, 0.5) is 0 Å². The molecule has 0 amide bonds. The monoisotopic (exact) mass is 190 g/mol. The molecule has 0 spiro atoms. The fraction of sp³-hybridized carbons (Fsp3) is 0.250. The van der Waals surface area contributed by atoms with E-state index in [9.17, 15) is 0 Å². The Hall–Kier alpha value is -0.910. The van der Waals surface area contributed by atoms with Crippen molar-refractivity contribution in [3.05, 3.63) is 53.3 Å². The summed E-state index contributed by atoms with van der Waals surface area (Å²) in [6, 6.07) is 0. The van der Waals surface area contributed by atoms with Crippen LogP contribution in [0.2, 0.25) is 0 Å². The van der Waals surface area contributed by atoms with Crippen molar-refractivity contribution in [1.29, 1.82) is 0 Å². The van der Waals surface area contributed by atoms with Gasteiger partial charge in [-0.3, -0.25) is 0 Å². The van der Waals surface area contributed by atoms with Gasteiger partial charge in [-0.15, -0.1) is 5.73 Å². The summed E-state index contributed by atoms with van der Waals surface area (Å²) in [6.07, 6.45) is 9.01. The molecule has 0 saturated carbocycles. The van der Waals surface area contributed by atoms with Gasteiger partial charge in [-0.05, 0) is 35.3 Å². The highest BCUT2D eigenvalue weighted by Crippen LogP contribution is 2.17. The van der Waals surface area contributed by atoms with Crippen LogP contribution in [-0.4, -0.2) is 5.75 Å². The van der Waals surface area contributed by atoms with Gasteiger partial charge in [0, 0.05) is 5.75 Å². The van der Waals surface area contributed by atoms with Gasteiger partial charge in [0.25, 0.3) is 0 Å². The number of hydrogen-bond donors (Lipinski definition) is 1. The smallest absolute Gasteiger partial charge is 0.0154 e. The first-order valence-corrected chi connectivity index (χ1v) is 5.03. The summed E-state index contributed by atoms with van der Waals surface area (Å²) in [5, 5.41) is 0. The molecule has 0 unspecified atom stereocenters. The summed E-state index contributed by atoms with van der Waals surface area (Å²) < 4.78 is 0. The zero-order valence-electron chi connectivity index (χ0n) is 7.88. The third-order valence-electron chi connectivity index (χ3n) is 1.99. The van der Waals surface area contributed by atoms with Gasteiger partial charge in [-0.25, -0.2) is 0 Å². The fourth-order valence-corrected chi connectivity index (χ4v) is 1.29. The zero-order valence-corrected chi connectivity index (χ0v) is 8.77. The molecular weight excluding hydrogens is 176 g/mol. The van der Waals surface area contributed by atoms with Crippen LogP contribution in [-0.2, 0) is 0 Å². The largest absolute Gasteiger partial charge is 0.175 e. The molecule has 0 heterocycles. The molecule has 0 atom stereocenters. The molecule has 0 aliphatic heterocycles. The van der Waals surface area contributed by atoms with Crippen LogP contribution in [0.3, 0.4) is 0 Å². The minimum absolute atomic E-state index is 0.756. The molecule has 1 rings (SSSR count). The van der Waals surface area contributed by atoms with Crippen molar-refractivity contribution >= 4 is 12.6 Å². The van der Waals surface area contributed by atoms with E-state index in [0.29, 0.717) is 0 Å². The predicted molar refractivity (Wildman–Crippen MR) is 62.1 cm³/mol. The van der Waals surface area contributed by atoms with Crippen LogP contribution in [0, 0.1) is 0 Å². The van der Waals surface area contributed by atoms with Gasteiger partial charge in [-0.1, -0.05) is 25.7 Å². The summed E-state index contributed by atoms with van der Waals surface area (Å²) in [5.74, 6) is 0.756. The fourth-order valence-electron chi connectivity index (χ4n) is 1.09. The summed E-state index contributed by atoms with van der Waals surface area (Å²) in [5.41, 5.74) is 6.60. The molecule has 13 heavy (non-hydrogen) atoms. The van der Waals surface area contributed by atoms with Gasteiger partial charge >= 0.3 is 0 Å². The first kappa shape index (κ1) is 10.2. The van der Waals surface area contributed by atoms with E-state index in [1.807, 2.05) is 18.2 Å². The third-order valence-corrected chi connectivity index (χ3v) is 2.36. The lowest BCUT2D eigenvalue weighted by Crippen LogP contribution is -1.85. The maximum atomic E-state index is 4.25. The van der Waals surface area contributed by atoms with Crippen molar-refractivity contribution in [3.63, 3.8) is 0 Å². The SMILES string of the molecule is C=C(CC)C1=CC(CS)=CC=C=C1. The molecule has 0 aromatic heterocycles. The van der Waals surface area contributed by atoms with Crippen molar-refractivity contribution in [2.75, 3.05) is 5.75 Å². The first-order chi connectivity index (χ1) is 6.27. The number of thiol groups is 1. The Labute approximate surface area is 85.5 Å². The highest BCUT2D eigenvalue weighted by atomic mass is 32.1. The van der Waals surface area contributed by atoms with Crippen LogP contribution in [0.1, 0.15) is 13.3 Å². The lowest BCUT2D eigenvalue weighted by atomic mass is 10.0. The normalized spacial score (nSPS) is 14.9. The predicted octanol–water partition coefficient (Wildman–Crippen LogP) is 3.46. The van der Waals surface area contributed by atoms with Crippen molar-refractivity contribution in [2.24, 2.45) is 0 Å². The number of hydrogen-bond acceptors (Lipinski definition) is 1. The Morgan fingerprint density at radius 1 is 1.62 bits per heavy atom. The first-order valence-electron chi connectivity index (χ1n) is 4.40. The molecule has 0 radical (unpaired) electrons. The molecule has 1 heteroatoms. The minimum Gasteiger partial charge on any atom is -0.175 e. The van der Waals surface area contributed by atoms with Crippen molar-refractivity contribution in [2.45, 2.75) is 13.3 Å². The van der Waals surface area contributed by atoms with E-state index >= 15 is 0 Å².